The summed E-state index contributed by atoms with van der Waals surface area (Å²) in [6.45, 7) is 0.453. The van der Waals surface area contributed by atoms with Gasteiger partial charge < -0.3 is 14.4 Å². The lowest BCUT2D eigenvalue weighted by molar-refractivity contribution is 0.00362. The molecule has 88 valence electrons. The zero-order valence-corrected chi connectivity index (χ0v) is 8.98. The molecule has 0 unspecified atom stereocenters. The largest absolute Gasteiger partial charge is 0.438 e. The molecule has 0 spiro atoms. The second kappa shape index (κ2) is 3.58. The molecule has 1 saturated heterocycles. The van der Waals surface area contributed by atoms with Crippen molar-refractivity contribution >= 4 is 15.9 Å². The third kappa shape index (κ3) is 1.94. The first-order valence-electron chi connectivity index (χ1n) is 4.48. The first-order chi connectivity index (χ1) is 7.38. The van der Waals surface area contributed by atoms with E-state index in [1.165, 1.54) is 11.0 Å². The van der Waals surface area contributed by atoms with Crippen LogP contribution in [0.15, 0.2) is 21.6 Å². The summed E-state index contributed by atoms with van der Waals surface area (Å²) in [5.74, 6) is -0.559. The molecule has 1 amide bonds. The van der Waals surface area contributed by atoms with Crippen molar-refractivity contribution in [1.29, 1.82) is 0 Å². The van der Waals surface area contributed by atoms with Crippen molar-refractivity contribution in [2.45, 2.75) is 11.2 Å². The molecule has 0 aromatic carbocycles. The van der Waals surface area contributed by atoms with E-state index in [-0.39, 0.29) is 18.8 Å². The second-order valence-corrected chi connectivity index (χ2v) is 5.02. The van der Waals surface area contributed by atoms with E-state index >= 15 is 0 Å². The molecule has 1 aromatic heterocycles. The maximum absolute atomic E-state index is 11.6. The maximum Gasteiger partial charge on any atom is 0.289 e. The minimum atomic E-state index is -3.93. The van der Waals surface area contributed by atoms with Crippen molar-refractivity contribution in [1.82, 2.24) is 4.90 Å². The van der Waals surface area contributed by atoms with Gasteiger partial charge in [-0.3, -0.25) is 4.79 Å². The van der Waals surface area contributed by atoms with Crippen LogP contribution in [0.5, 0.6) is 0 Å². The molecule has 1 aliphatic rings. The Morgan fingerprint density at radius 1 is 1.50 bits per heavy atom. The molecule has 0 radical (unpaired) electrons. The fourth-order valence-corrected chi connectivity index (χ4v) is 1.83. The van der Waals surface area contributed by atoms with E-state index < -0.39 is 27.1 Å². The predicted octanol–water partition coefficient (Wildman–Crippen LogP) is -1.26. The number of furan rings is 1. The molecule has 1 aliphatic heterocycles. The molecule has 1 fully saturated rings. The fraction of sp³-hybridized carbons (Fsp3) is 0.375. The highest BCUT2D eigenvalue weighted by atomic mass is 32.2. The first kappa shape index (κ1) is 11.1. The van der Waals surface area contributed by atoms with Crippen molar-refractivity contribution < 1.29 is 22.7 Å². The van der Waals surface area contributed by atoms with Gasteiger partial charge in [0.25, 0.3) is 15.9 Å². The Labute approximate surface area is 91.5 Å². The van der Waals surface area contributed by atoms with Gasteiger partial charge >= 0.3 is 0 Å². The van der Waals surface area contributed by atoms with Crippen LogP contribution in [0.4, 0.5) is 0 Å². The molecular weight excluding hydrogens is 236 g/mol. The Hall–Kier alpha value is -1.38. The standard InChI is InChI=1S/C8H10N2O5S/c9-16(13,14)7-2-1-6(15-7)8(12)10-3-5(11)4-10/h1-2,5,11H,3-4H2,(H2,9,13,14). The topological polar surface area (TPSA) is 114 Å². The fourth-order valence-electron chi connectivity index (χ4n) is 1.36. The second-order valence-electron chi connectivity index (χ2n) is 3.53. The van der Waals surface area contributed by atoms with Gasteiger partial charge in [-0.2, -0.15) is 0 Å². The highest BCUT2D eigenvalue weighted by molar-refractivity contribution is 7.89. The van der Waals surface area contributed by atoms with Gasteiger partial charge in [-0.15, -0.1) is 0 Å². The number of aliphatic hydroxyl groups is 1. The predicted molar refractivity (Wildman–Crippen MR) is 52.0 cm³/mol. The van der Waals surface area contributed by atoms with E-state index in [1.807, 2.05) is 0 Å². The van der Waals surface area contributed by atoms with Crippen LogP contribution in [0.2, 0.25) is 0 Å². The Bertz CT molecular complexity index is 514. The molecule has 8 heteroatoms. The average Bonchev–Trinajstić information content (AvgIpc) is 2.59. The minimum Gasteiger partial charge on any atom is -0.438 e. The van der Waals surface area contributed by atoms with Crippen LogP contribution in [-0.2, 0) is 10.0 Å². The van der Waals surface area contributed by atoms with Crippen LogP contribution >= 0.6 is 0 Å². The smallest absolute Gasteiger partial charge is 0.289 e. The Balaban J connectivity index is 2.17. The van der Waals surface area contributed by atoms with E-state index in [1.54, 1.807) is 0 Å². The van der Waals surface area contributed by atoms with E-state index in [2.05, 4.69) is 0 Å². The summed E-state index contributed by atoms with van der Waals surface area (Å²) in [6, 6.07) is 2.37. The Kier molecular flexibility index (Phi) is 2.49. The number of β-amino-alcohol motifs (C(OH)–C–C–N with tert-alkyl or cyclic N) is 1. The van der Waals surface area contributed by atoms with Gasteiger partial charge in [0.2, 0.25) is 5.09 Å². The van der Waals surface area contributed by atoms with E-state index in [9.17, 15) is 13.2 Å². The summed E-state index contributed by atoms with van der Waals surface area (Å²) in [4.78, 5) is 12.9. The van der Waals surface area contributed by atoms with Crippen LogP contribution in [0, 0.1) is 0 Å². The zero-order chi connectivity index (χ0) is 11.9. The van der Waals surface area contributed by atoms with Crippen LogP contribution in [-0.4, -0.2) is 43.5 Å². The van der Waals surface area contributed by atoms with Crippen LogP contribution in [0.3, 0.4) is 0 Å². The number of hydrogen-bond donors (Lipinski definition) is 2. The number of rotatable bonds is 2. The van der Waals surface area contributed by atoms with Crippen molar-refractivity contribution in [2.24, 2.45) is 5.14 Å². The molecular formula is C8H10N2O5S. The number of carbonyl (C=O) groups is 1. The van der Waals surface area contributed by atoms with Gasteiger partial charge in [0.15, 0.2) is 5.76 Å². The molecule has 0 bridgehead atoms. The van der Waals surface area contributed by atoms with Crippen molar-refractivity contribution in [3.8, 4) is 0 Å². The van der Waals surface area contributed by atoms with Gasteiger partial charge in [0, 0.05) is 13.1 Å². The van der Waals surface area contributed by atoms with Gasteiger partial charge in [0.1, 0.15) is 0 Å². The van der Waals surface area contributed by atoms with E-state index in [0.29, 0.717) is 0 Å². The lowest BCUT2D eigenvalue weighted by Crippen LogP contribution is -2.53. The van der Waals surface area contributed by atoms with E-state index in [0.717, 1.165) is 6.07 Å². The number of aliphatic hydroxyl groups excluding tert-OH is 1. The normalized spacial score (nSPS) is 17.2. The minimum absolute atomic E-state index is 0.101. The Morgan fingerprint density at radius 2 is 2.12 bits per heavy atom. The summed E-state index contributed by atoms with van der Waals surface area (Å²) in [6.07, 6.45) is -0.517. The SMILES string of the molecule is NS(=O)(=O)c1ccc(C(=O)N2CC(O)C2)o1. The molecule has 7 nitrogen and oxygen atoms in total. The number of primary sulfonamides is 1. The van der Waals surface area contributed by atoms with E-state index in [4.69, 9.17) is 14.7 Å². The van der Waals surface area contributed by atoms with Gasteiger partial charge in [-0.1, -0.05) is 0 Å². The quantitative estimate of drug-likeness (QED) is 0.676. The third-order valence-electron chi connectivity index (χ3n) is 2.22. The van der Waals surface area contributed by atoms with Crippen molar-refractivity contribution in [3.63, 3.8) is 0 Å². The summed E-state index contributed by atoms with van der Waals surface area (Å²) < 4.78 is 26.6. The third-order valence-corrected chi connectivity index (χ3v) is 3.00. The van der Waals surface area contributed by atoms with Crippen molar-refractivity contribution in [2.75, 3.05) is 13.1 Å². The molecule has 2 rings (SSSR count). The van der Waals surface area contributed by atoms with Crippen molar-refractivity contribution in [3.05, 3.63) is 17.9 Å². The molecule has 2 heterocycles. The maximum atomic E-state index is 11.6. The number of sulfonamides is 1. The molecule has 0 saturated carbocycles. The van der Waals surface area contributed by atoms with Crippen LogP contribution in [0.25, 0.3) is 0 Å². The molecule has 1 aromatic rings. The zero-order valence-electron chi connectivity index (χ0n) is 8.16. The van der Waals surface area contributed by atoms with Gasteiger partial charge in [0.05, 0.1) is 6.10 Å². The highest BCUT2D eigenvalue weighted by Gasteiger charge is 2.31. The monoisotopic (exact) mass is 246 g/mol. The summed E-state index contributed by atoms with van der Waals surface area (Å²) >= 11 is 0. The number of hydrogen-bond acceptors (Lipinski definition) is 5. The Morgan fingerprint density at radius 3 is 2.56 bits per heavy atom. The van der Waals surface area contributed by atoms with Gasteiger partial charge in [-0.05, 0) is 12.1 Å². The summed E-state index contributed by atoms with van der Waals surface area (Å²) in [5, 5.41) is 13.4. The van der Waals surface area contributed by atoms with Crippen LogP contribution in [0.1, 0.15) is 10.6 Å². The average molecular weight is 246 g/mol. The number of amides is 1. The number of nitrogens with two attached hydrogens (primary N) is 1. The van der Waals surface area contributed by atoms with Gasteiger partial charge in [-0.25, -0.2) is 13.6 Å². The lowest BCUT2D eigenvalue weighted by Gasteiger charge is -2.35. The summed E-state index contributed by atoms with van der Waals surface area (Å²) in [5.41, 5.74) is 0. The van der Waals surface area contributed by atoms with Crippen LogP contribution < -0.4 is 5.14 Å². The lowest BCUT2D eigenvalue weighted by atomic mass is 10.1. The molecule has 3 N–H and O–H groups in total. The number of nitrogens with zero attached hydrogens (tertiary/aromatic N) is 1. The molecule has 0 atom stereocenters. The highest BCUT2D eigenvalue weighted by Crippen LogP contribution is 2.17. The number of likely N-dealkylation sites (tertiary alicyclic amines) is 1. The number of carbonyl (C=O) groups excluding carboxylic acids is 1. The summed E-state index contributed by atoms with van der Waals surface area (Å²) in [7, 11) is -3.93. The first-order valence-corrected chi connectivity index (χ1v) is 6.02. The molecule has 16 heavy (non-hydrogen) atoms. The molecule has 0 aliphatic carbocycles.